The smallest absolute Gasteiger partial charge is 0.339 e. The zero-order chi connectivity index (χ0) is 10.2. The number of hydrogen-bond donors (Lipinski definition) is 3. The maximum Gasteiger partial charge on any atom is 0.339 e. The van der Waals surface area contributed by atoms with Crippen LogP contribution in [-0.2, 0) is 0 Å². The third kappa shape index (κ3) is 1.57. The van der Waals surface area contributed by atoms with Gasteiger partial charge in [0.2, 0.25) is 0 Å². The van der Waals surface area contributed by atoms with Gasteiger partial charge in [0.25, 0.3) is 0 Å². The fourth-order valence-electron chi connectivity index (χ4n) is 0.799. The van der Waals surface area contributed by atoms with E-state index in [1.165, 1.54) is 0 Å². The number of rotatable bonds is 1. The average Bonchev–Trinajstić information content (AvgIpc) is 2.07. The molecule has 6 heteroatoms. The van der Waals surface area contributed by atoms with E-state index in [0.29, 0.717) is 0 Å². The molecule has 0 radical (unpaired) electrons. The van der Waals surface area contributed by atoms with Crippen molar-refractivity contribution in [1.29, 1.82) is 0 Å². The molecule has 0 aliphatic carbocycles. The highest BCUT2D eigenvalue weighted by Gasteiger charge is 2.18. The molecule has 0 atom stereocenters. The zero-order valence-corrected chi connectivity index (χ0v) is 7.80. The van der Waals surface area contributed by atoms with E-state index in [4.69, 9.17) is 15.9 Å². The Kier molecular flexibility index (Phi) is 2.42. The van der Waals surface area contributed by atoms with Gasteiger partial charge >= 0.3 is 5.97 Å². The number of aromatic hydroxyl groups is 1. The van der Waals surface area contributed by atoms with Crippen LogP contribution in [0.5, 0.6) is 5.75 Å². The van der Waals surface area contributed by atoms with Gasteiger partial charge in [-0.2, -0.15) is 0 Å². The number of aromatic carboxylic acids is 1. The Bertz CT molecular complexity index is 380. The maximum absolute atomic E-state index is 12.9. The van der Waals surface area contributed by atoms with Crippen LogP contribution < -0.4 is 5.73 Å². The van der Waals surface area contributed by atoms with Gasteiger partial charge in [0, 0.05) is 0 Å². The van der Waals surface area contributed by atoms with Crippen molar-refractivity contribution in [2.24, 2.45) is 0 Å². The number of nitrogens with two attached hydrogens (primary N) is 1. The number of anilines is 1. The first kappa shape index (κ1) is 9.79. The van der Waals surface area contributed by atoms with Gasteiger partial charge in [-0.25, -0.2) is 9.18 Å². The molecule has 0 saturated heterocycles. The van der Waals surface area contributed by atoms with E-state index in [-0.39, 0.29) is 4.47 Å². The molecule has 0 amide bonds. The monoisotopic (exact) mass is 249 g/mol. The number of carboxylic acids is 1. The molecule has 70 valence electrons. The Morgan fingerprint density at radius 1 is 1.62 bits per heavy atom. The van der Waals surface area contributed by atoms with Crippen molar-refractivity contribution in [1.82, 2.24) is 0 Å². The number of phenols is 1. The summed E-state index contributed by atoms with van der Waals surface area (Å²) in [6.07, 6.45) is 0. The van der Waals surface area contributed by atoms with Crippen LogP contribution in [-0.4, -0.2) is 16.2 Å². The Morgan fingerprint density at radius 3 is 2.62 bits per heavy atom. The zero-order valence-electron chi connectivity index (χ0n) is 6.21. The molecule has 4 nitrogen and oxygen atoms in total. The van der Waals surface area contributed by atoms with Crippen molar-refractivity contribution in [2.45, 2.75) is 0 Å². The number of benzene rings is 1. The van der Waals surface area contributed by atoms with E-state index in [1.807, 2.05) is 0 Å². The standard InChI is InChI=1S/C7H5BrFNO3/c8-3-1-2(7(12)13)6(11)5(10)4(3)9/h1,11H,10H2,(H,12,13). The molecular formula is C7H5BrFNO3. The number of carbonyl (C=O) groups is 1. The molecule has 0 aromatic heterocycles. The van der Waals surface area contributed by atoms with E-state index in [9.17, 15) is 9.18 Å². The summed E-state index contributed by atoms with van der Waals surface area (Å²) in [4.78, 5) is 10.5. The quantitative estimate of drug-likeness (QED) is 0.521. The fraction of sp³-hybridized carbons (Fsp3) is 0. The highest BCUT2D eigenvalue weighted by molar-refractivity contribution is 9.10. The maximum atomic E-state index is 12.9. The van der Waals surface area contributed by atoms with Crippen molar-refractivity contribution in [3.63, 3.8) is 0 Å². The van der Waals surface area contributed by atoms with E-state index in [1.54, 1.807) is 0 Å². The van der Waals surface area contributed by atoms with Gasteiger partial charge in [-0.05, 0) is 22.0 Å². The Morgan fingerprint density at radius 2 is 2.15 bits per heavy atom. The predicted molar refractivity (Wildman–Crippen MR) is 47.1 cm³/mol. The molecule has 0 bridgehead atoms. The molecule has 1 rings (SSSR count). The minimum absolute atomic E-state index is 0.0970. The second-order valence-electron chi connectivity index (χ2n) is 2.29. The van der Waals surface area contributed by atoms with Gasteiger partial charge in [0.1, 0.15) is 11.3 Å². The van der Waals surface area contributed by atoms with Crippen molar-refractivity contribution in [3.05, 3.63) is 21.9 Å². The number of halogens is 2. The van der Waals surface area contributed by atoms with Crippen LogP contribution in [0.1, 0.15) is 10.4 Å². The molecule has 0 saturated carbocycles. The summed E-state index contributed by atoms with van der Waals surface area (Å²) in [5.74, 6) is -3.00. The lowest BCUT2D eigenvalue weighted by Gasteiger charge is -2.05. The van der Waals surface area contributed by atoms with Crippen LogP contribution in [0.3, 0.4) is 0 Å². The van der Waals surface area contributed by atoms with Crippen LogP contribution in [0.2, 0.25) is 0 Å². The van der Waals surface area contributed by atoms with Crippen LogP contribution in [0.25, 0.3) is 0 Å². The second-order valence-corrected chi connectivity index (χ2v) is 3.14. The Hall–Kier alpha value is -1.30. The van der Waals surface area contributed by atoms with Crippen molar-refractivity contribution >= 4 is 27.6 Å². The van der Waals surface area contributed by atoms with Crippen LogP contribution in [0.15, 0.2) is 10.5 Å². The van der Waals surface area contributed by atoms with Crippen molar-refractivity contribution < 1.29 is 19.4 Å². The molecule has 0 heterocycles. The number of nitrogen functional groups attached to an aromatic ring is 1. The number of hydrogen-bond acceptors (Lipinski definition) is 3. The molecule has 1 aromatic carbocycles. The molecule has 4 N–H and O–H groups in total. The third-order valence-corrected chi connectivity index (χ3v) is 2.03. The highest BCUT2D eigenvalue weighted by atomic mass is 79.9. The molecule has 0 fully saturated rings. The topological polar surface area (TPSA) is 83.5 Å². The van der Waals surface area contributed by atoms with Crippen molar-refractivity contribution in [2.75, 3.05) is 5.73 Å². The van der Waals surface area contributed by atoms with Gasteiger partial charge in [0.15, 0.2) is 11.6 Å². The highest BCUT2D eigenvalue weighted by Crippen LogP contribution is 2.32. The molecule has 0 spiro atoms. The third-order valence-electron chi connectivity index (χ3n) is 1.46. The van der Waals surface area contributed by atoms with Crippen LogP contribution >= 0.6 is 15.9 Å². The summed E-state index contributed by atoms with van der Waals surface area (Å²) in [5.41, 5.74) is 4.09. The summed E-state index contributed by atoms with van der Waals surface area (Å²) < 4.78 is 12.8. The summed E-state index contributed by atoms with van der Waals surface area (Å²) in [5, 5.41) is 17.7. The molecule has 0 aliphatic rings. The lowest BCUT2D eigenvalue weighted by Crippen LogP contribution is -2.02. The van der Waals surface area contributed by atoms with Crippen molar-refractivity contribution in [3.8, 4) is 5.75 Å². The second kappa shape index (κ2) is 3.21. The van der Waals surface area contributed by atoms with Gasteiger partial charge in [0.05, 0.1) is 4.47 Å². The van der Waals surface area contributed by atoms with Gasteiger partial charge in [-0.1, -0.05) is 0 Å². The van der Waals surface area contributed by atoms with E-state index in [0.717, 1.165) is 6.07 Å². The first-order chi connectivity index (χ1) is 5.95. The lowest BCUT2D eigenvalue weighted by molar-refractivity contribution is 0.0693. The van der Waals surface area contributed by atoms with E-state index < -0.39 is 28.8 Å². The minimum Gasteiger partial charge on any atom is -0.505 e. The number of carboxylic acid groups (broad SMARTS) is 1. The van der Waals surface area contributed by atoms with E-state index >= 15 is 0 Å². The SMILES string of the molecule is Nc1c(O)c(C(=O)O)cc(Br)c1F. The lowest BCUT2D eigenvalue weighted by atomic mass is 10.1. The summed E-state index contributed by atoms with van der Waals surface area (Å²) in [6, 6.07) is 0.948. The summed E-state index contributed by atoms with van der Waals surface area (Å²) in [7, 11) is 0. The Labute approximate surface area is 80.9 Å². The largest absolute Gasteiger partial charge is 0.505 e. The molecule has 0 aliphatic heterocycles. The average molecular weight is 250 g/mol. The Balaban J connectivity index is 3.50. The van der Waals surface area contributed by atoms with Gasteiger partial charge in [-0.15, -0.1) is 0 Å². The minimum atomic E-state index is -1.37. The molecular weight excluding hydrogens is 245 g/mol. The normalized spacial score (nSPS) is 10.0. The molecule has 0 unspecified atom stereocenters. The summed E-state index contributed by atoms with van der Waals surface area (Å²) in [6.45, 7) is 0. The van der Waals surface area contributed by atoms with Gasteiger partial charge < -0.3 is 15.9 Å². The summed E-state index contributed by atoms with van der Waals surface area (Å²) >= 11 is 2.77. The van der Waals surface area contributed by atoms with Gasteiger partial charge in [-0.3, -0.25) is 0 Å². The predicted octanol–water partition coefficient (Wildman–Crippen LogP) is 1.57. The molecule has 1 aromatic rings. The van der Waals surface area contributed by atoms with Crippen LogP contribution in [0.4, 0.5) is 10.1 Å². The van der Waals surface area contributed by atoms with Crippen LogP contribution in [0, 0.1) is 5.82 Å². The fourth-order valence-corrected chi connectivity index (χ4v) is 1.24. The molecule has 13 heavy (non-hydrogen) atoms. The first-order valence-electron chi connectivity index (χ1n) is 3.15. The van der Waals surface area contributed by atoms with E-state index in [2.05, 4.69) is 15.9 Å². The first-order valence-corrected chi connectivity index (χ1v) is 3.94.